The Morgan fingerprint density at radius 1 is 1.15 bits per heavy atom. The van der Waals surface area contributed by atoms with Crippen molar-refractivity contribution in [2.45, 2.75) is 71.4 Å². The van der Waals surface area contributed by atoms with Crippen LogP contribution in [0.4, 0.5) is 0 Å². The minimum Gasteiger partial charge on any atom is -0.312 e. The van der Waals surface area contributed by atoms with Gasteiger partial charge in [-0.2, -0.15) is 0 Å². The van der Waals surface area contributed by atoms with Crippen LogP contribution in [0.2, 0.25) is 0 Å². The Morgan fingerprint density at radius 3 is 2.23 bits per heavy atom. The van der Waals surface area contributed by atoms with E-state index >= 15 is 0 Å². The van der Waals surface area contributed by atoms with Gasteiger partial charge in [0, 0.05) is 12.1 Å². The maximum absolute atomic E-state index is 3.71. The summed E-state index contributed by atoms with van der Waals surface area (Å²) < 4.78 is 0. The van der Waals surface area contributed by atoms with Crippen LogP contribution in [-0.4, -0.2) is 12.1 Å². The van der Waals surface area contributed by atoms with Crippen molar-refractivity contribution in [2.75, 3.05) is 0 Å². The maximum atomic E-state index is 3.71. The van der Waals surface area contributed by atoms with Gasteiger partial charge in [0.15, 0.2) is 0 Å². The first-order valence-electron chi connectivity index (χ1n) is 6.02. The number of hydrogen-bond donors (Lipinski definition) is 1. The van der Waals surface area contributed by atoms with Crippen molar-refractivity contribution in [3.8, 4) is 0 Å². The Hall–Kier alpha value is -0.0400. The first kappa shape index (κ1) is 11.0. The van der Waals surface area contributed by atoms with Crippen LogP contribution >= 0.6 is 0 Å². The molecule has 1 saturated carbocycles. The smallest absolute Gasteiger partial charge is 0.00697 e. The van der Waals surface area contributed by atoms with Gasteiger partial charge in [0.25, 0.3) is 0 Å². The predicted octanol–water partition coefficient (Wildman–Crippen LogP) is 3.34. The van der Waals surface area contributed by atoms with Crippen molar-refractivity contribution in [1.29, 1.82) is 0 Å². The van der Waals surface area contributed by atoms with Gasteiger partial charge in [-0.25, -0.2) is 0 Å². The molecule has 1 rings (SSSR count). The molecule has 0 spiro atoms. The second kappa shape index (κ2) is 5.64. The van der Waals surface area contributed by atoms with Gasteiger partial charge in [-0.05, 0) is 44.9 Å². The summed E-state index contributed by atoms with van der Waals surface area (Å²) >= 11 is 0. The van der Waals surface area contributed by atoms with Crippen molar-refractivity contribution in [1.82, 2.24) is 5.32 Å². The van der Waals surface area contributed by atoms with Crippen molar-refractivity contribution >= 4 is 0 Å². The first-order chi connectivity index (χ1) is 6.26. The molecule has 1 heteroatoms. The molecular formula is C12H25N. The molecule has 0 heterocycles. The molecule has 13 heavy (non-hydrogen) atoms. The third kappa shape index (κ3) is 3.68. The number of rotatable bonds is 4. The normalized spacial score (nSPS) is 31.6. The summed E-state index contributed by atoms with van der Waals surface area (Å²) in [6.07, 6.45) is 8.35. The quantitative estimate of drug-likeness (QED) is 0.705. The molecule has 1 aliphatic rings. The van der Waals surface area contributed by atoms with Gasteiger partial charge in [-0.15, -0.1) is 0 Å². The van der Waals surface area contributed by atoms with Crippen LogP contribution in [0.5, 0.6) is 0 Å². The predicted molar refractivity (Wildman–Crippen MR) is 58.9 cm³/mol. The van der Waals surface area contributed by atoms with Crippen LogP contribution in [0, 0.1) is 5.92 Å². The zero-order valence-electron chi connectivity index (χ0n) is 9.47. The molecule has 1 fully saturated rings. The summed E-state index contributed by atoms with van der Waals surface area (Å²) in [6, 6.07) is 1.53. The summed E-state index contributed by atoms with van der Waals surface area (Å²) in [4.78, 5) is 0. The van der Waals surface area contributed by atoms with E-state index in [1.807, 2.05) is 0 Å². The van der Waals surface area contributed by atoms with Gasteiger partial charge in [-0.1, -0.05) is 20.3 Å². The monoisotopic (exact) mass is 183 g/mol. The van der Waals surface area contributed by atoms with Crippen LogP contribution in [0.25, 0.3) is 0 Å². The fourth-order valence-electron chi connectivity index (χ4n) is 2.26. The molecule has 1 aliphatic carbocycles. The molecule has 1 atom stereocenters. The lowest BCUT2D eigenvalue weighted by atomic mass is 9.84. The van der Waals surface area contributed by atoms with E-state index in [1.54, 1.807) is 0 Å². The van der Waals surface area contributed by atoms with Crippen molar-refractivity contribution in [2.24, 2.45) is 5.92 Å². The highest BCUT2D eigenvalue weighted by atomic mass is 14.9. The van der Waals surface area contributed by atoms with E-state index in [1.165, 1.54) is 38.5 Å². The largest absolute Gasteiger partial charge is 0.312 e. The van der Waals surface area contributed by atoms with Gasteiger partial charge >= 0.3 is 0 Å². The fraction of sp³-hybridized carbons (Fsp3) is 1.00. The highest BCUT2D eigenvalue weighted by Gasteiger charge is 2.20. The van der Waals surface area contributed by atoms with Crippen LogP contribution in [0.3, 0.4) is 0 Å². The highest BCUT2D eigenvalue weighted by Crippen LogP contribution is 2.26. The Balaban J connectivity index is 2.17. The lowest BCUT2D eigenvalue weighted by molar-refractivity contribution is 0.271. The minimum atomic E-state index is 0.711. The van der Waals surface area contributed by atoms with Gasteiger partial charge < -0.3 is 5.32 Å². The van der Waals surface area contributed by atoms with E-state index in [4.69, 9.17) is 0 Å². The molecule has 0 unspecified atom stereocenters. The molecule has 1 nitrogen and oxygen atoms in total. The van der Waals surface area contributed by atoms with Gasteiger partial charge in [0.05, 0.1) is 0 Å². The molecule has 78 valence electrons. The van der Waals surface area contributed by atoms with Crippen LogP contribution in [0.1, 0.15) is 59.3 Å². The van der Waals surface area contributed by atoms with E-state index in [-0.39, 0.29) is 0 Å². The summed E-state index contributed by atoms with van der Waals surface area (Å²) in [5.74, 6) is 1.02. The Kier molecular flexibility index (Phi) is 4.79. The van der Waals surface area contributed by atoms with Crippen molar-refractivity contribution < 1.29 is 0 Å². The zero-order chi connectivity index (χ0) is 9.68. The standard InChI is InChI=1S/C12H25N/c1-4-10(3)13-12-8-6-11(5-2)7-9-12/h10-13H,4-9H2,1-3H3/t10-,11?,12?/m0/s1. The van der Waals surface area contributed by atoms with Crippen LogP contribution in [-0.2, 0) is 0 Å². The van der Waals surface area contributed by atoms with E-state index in [2.05, 4.69) is 26.1 Å². The Bertz CT molecular complexity index is 125. The zero-order valence-corrected chi connectivity index (χ0v) is 9.47. The molecule has 0 aliphatic heterocycles. The number of hydrogen-bond acceptors (Lipinski definition) is 1. The average Bonchev–Trinajstić information content (AvgIpc) is 2.19. The van der Waals surface area contributed by atoms with Crippen LogP contribution < -0.4 is 5.32 Å². The van der Waals surface area contributed by atoms with Crippen LogP contribution in [0.15, 0.2) is 0 Å². The van der Waals surface area contributed by atoms with E-state index < -0.39 is 0 Å². The summed E-state index contributed by atoms with van der Waals surface area (Å²) in [5, 5.41) is 3.71. The summed E-state index contributed by atoms with van der Waals surface area (Å²) in [5.41, 5.74) is 0. The molecule has 0 bridgehead atoms. The molecule has 0 aromatic heterocycles. The lowest BCUT2D eigenvalue weighted by Crippen LogP contribution is -2.38. The second-order valence-electron chi connectivity index (χ2n) is 4.60. The molecule has 1 N–H and O–H groups in total. The molecule has 0 amide bonds. The highest BCUT2D eigenvalue weighted by molar-refractivity contribution is 4.78. The SMILES string of the molecule is CCC1CCC(N[C@@H](C)CC)CC1. The first-order valence-corrected chi connectivity index (χ1v) is 6.02. The Morgan fingerprint density at radius 2 is 1.77 bits per heavy atom. The fourth-order valence-corrected chi connectivity index (χ4v) is 2.26. The summed E-state index contributed by atoms with van der Waals surface area (Å²) in [7, 11) is 0. The average molecular weight is 183 g/mol. The van der Waals surface area contributed by atoms with Gasteiger partial charge in [-0.3, -0.25) is 0 Å². The molecular weight excluding hydrogens is 158 g/mol. The van der Waals surface area contributed by atoms with Gasteiger partial charge in [0.1, 0.15) is 0 Å². The molecule has 0 aromatic carbocycles. The number of nitrogens with one attached hydrogen (secondary N) is 1. The van der Waals surface area contributed by atoms with Crippen molar-refractivity contribution in [3.63, 3.8) is 0 Å². The minimum absolute atomic E-state index is 0.711. The summed E-state index contributed by atoms with van der Waals surface area (Å²) in [6.45, 7) is 6.88. The molecule has 0 aromatic rings. The Labute approximate surface area is 83.3 Å². The van der Waals surface area contributed by atoms with Crippen molar-refractivity contribution in [3.05, 3.63) is 0 Å². The second-order valence-corrected chi connectivity index (χ2v) is 4.60. The molecule has 0 radical (unpaired) electrons. The third-order valence-electron chi connectivity index (χ3n) is 3.56. The molecule has 0 saturated heterocycles. The van der Waals surface area contributed by atoms with Gasteiger partial charge in [0.2, 0.25) is 0 Å². The third-order valence-corrected chi connectivity index (χ3v) is 3.56. The topological polar surface area (TPSA) is 12.0 Å². The van der Waals surface area contributed by atoms with E-state index in [0.717, 1.165) is 12.0 Å². The maximum Gasteiger partial charge on any atom is 0.00697 e. The lowest BCUT2D eigenvalue weighted by Gasteiger charge is -2.30. The van der Waals surface area contributed by atoms with E-state index in [0.29, 0.717) is 6.04 Å². The van der Waals surface area contributed by atoms with E-state index in [9.17, 15) is 0 Å².